The van der Waals surface area contributed by atoms with Gasteiger partial charge in [0.05, 0.1) is 4.90 Å². The summed E-state index contributed by atoms with van der Waals surface area (Å²) in [7, 11) is -4.11. The average Bonchev–Trinajstić information content (AvgIpc) is 2.72. The van der Waals surface area contributed by atoms with Gasteiger partial charge in [-0.15, -0.1) is 0 Å². The highest BCUT2D eigenvalue weighted by atomic mass is 32.2. The lowest BCUT2D eigenvalue weighted by Gasteiger charge is -2.20. The highest BCUT2D eigenvalue weighted by Gasteiger charge is 2.35. The van der Waals surface area contributed by atoms with Gasteiger partial charge in [-0.05, 0) is 17.7 Å². The van der Waals surface area contributed by atoms with Gasteiger partial charge >= 0.3 is 5.97 Å². The summed E-state index contributed by atoms with van der Waals surface area (Å²) in [5, 5.41) is -0.665. The van der Waals surface area contributed by atoms with Crippen molar-refractivity contribution < 1.29 is 17.9 Å². The van der Waals surface area contributed by atoms with Gasteiger partial charge in [-0.25, -0.2) is 8.42 Å². The number of hydrogen-bond acceptors (Lipinski definition) is 7. The Morgan fingerprint density at radius 2 is 1.50 bits per heavy atom. The van der Waals surface area contributed by atoms with E-state index in [1.54, 1.807) is 48.5 Å². The molecule has 2 unspecified atom stereocenters. The smallest absolute Gasteiger partial charge is 0.325 e. The quantitative estimate of drug-likeness (QED) is 0.422. The Labute approximate surface area is 163 Å². The largest absolute Gasteiger partial charge is 0.460 e. The Hall–Kier alpha value is -2.94. The lowest BCUT2D eigenvalue weighted by molar-refractivity contribution is -0.146. The van der Waals surface area contributed by atoms with Gasteiger partial charge < -0.3 is 21.9 Å². The SMILES string of the molecule is Nc1ccc(S(=O)(=O)C(N)C(N)C(=O)OCc2ccccc2)c2ccccc12. The van der Waals surface area contributed by atoms with Crippen LogP contribution in [-0.2, 0) is 26.0 Å². The van der Waals surface area contributed by atoms with E-state index in [1.165, 1.54) is 12.1 Å². The number of ether oxygens (including phenoxy) is 1. The summed E-state index contributed by atoms with van der Waals surface area (Å²) in [4.78, 5) is 12.2. The molecule has 0 amide bonds. The normalized spacial score (nSPS) is 13.8. The molecule has 0 aliphatic rings. The molecule has 6 N–H and O–H groups in total. The number of fused-ring (bicyclic) bond motifs is 1. The third-order valence-electron chi connectivity index (χ3n) is 4.43. The van der Waals surface area contributed by atoms with Gasteiger partial charge in [-0.3, -0.25) is 4.79 Å². The van der Waals surface area contributed by atoms with Crippen LogP contribution in [-0.4, -0.2) is 25.8 Å². The lowest BCUT2D eigenvalue weighted by Crippen LogP contribution is -2.52. The first-order valence-corrected chi connectivity index (χ1v) is 10.1. The number of esters is 1. The fourth-order valence-corrected chi connectivity index (χ4v) is 4.37. The zero-order chi connectivity index (χ0) is 20.3. The number of carbonyl (C=O) groups is 1. The first kappa shape index (κ1) is 19.8. The van der Waals surface area contributed by atoms with Crippen LogP contribution >= 0.6 is 0 Å². The Morgan fingerprint density at radius 1 is 0.893 bits per heavy atom. The number of rotatable bonds is 6. The van der Waals surface area contributed by atoms with Crippen LogP contribution in [0.25, 0.3) is 10.8 Å². The van der Waals surface area contributed by atoms with E-state index in [0.717, 1.165) is 5.56 Å². The molecule has 3 aromatic rings. The summed E-state index contributed by atoms with van der Waals surface area (Å²) in [5.41, 5.74) is 18.8. The molecule has 0 aromatic heterocycles. The van der Waals surface area contributed by atoms with Crippen molar-refractivity contribution in [2.24, 2.45) is 11.5 Å². The maximum absolute atomic E-state index is 13.0. The third kappa shape index (κ3) is 3.84. The minimum atomic E-state index is -4.11. The van der Waals surface area contributed by atoms with Crippen LogP contribution in [0.5, 0.6) is 0 Å². The number of carbonyl (C=O) groups excluding carboxylic acids is 1. The molecule has 2 atom stereocenters. The van der Waals surface area contributed by atoms with Gasteiger partial charge in [0.1, 0.15) is 18.0 Å². The molecule has 0 saturated heterocycles. The van der Waals surface area contributed by atoms with Crippen molar-refractivity contribution in [2.75, 3.05) is 5.73 Å². The Bertz CT molecular complexity index is 1100. The van der Waals surface area contributed by atoms with Crippen LogP contribution in [0.3, 0.4) is 0 Å². The lowest BCUT2D eigenvalue weighted by atomic mass is 10.1. The van der Waals surface area contributed by atoms with E-state index in [2.05, 4.69) is 0 Å². The van der Waals surface area contributed by atoms with Crippen molar-refractivity contribution in [3.05, 3.63) is 72.3 Å². The summed E-state index contributed by atoms with van der Waals surface area (Å²) < 4.78 is 31.2. The number of benzene rings is 3. The maximum atomic E-state index is 13.0. The van der Waals surface area contributed by atoms with Gasteiger partial charge in [0.15, 0.2) is 9.84 Å². The maximum Gasteiger partial charge on any atom is 0.325 e. The minimum absolute atomic E-state index is 0.0229. The average molecular weight is 399 g/mol. The van der Waals surface area contributed by atoms with Crippen LogP contribution in [0.2, 0.25) is 0 Å². The molecule has 146 valence electrons. The molecule has 0 spiro atoms. The number of nitrogens with two attached hydrogens (primary N) is 3. The Kier molecular flexibility index (Phi) is 5.64. The second kappa shape index (κ2) is 7.97. The predicted molar refractivity (Wildman–Crippen MR) is 108 cm³/mol. The summed E-state index contributed by atoms with van der Waals surface area (Å²) >= 11 is 0. The van der Waals surface area contributed by atoms with E-state index in [9.17, 15) is 13.2 Å². The summed E-state index contributed by atoms with van der Waals surface area (Å²) in [6.45, 7) is -0.0229. The standard InChI is InChI=1S/C20H21N3O4S/c21-16-10-11-17(15-9-5-4-8-14(15)16)28(25,26)19(23)18(22)20(24)27-12-13-6-2-1-3-7-13/h1-11,18-19H,12,21-23H2. The summed E-state index contributed by atoms with van der Waals surface area (Å²) in [5.74, 6) is -0.889. The van der Waals surface area contributed by atoms with E-state index < -0.39 is 27.2 Å². The van der Waals surface area contributed by atoms with Crippen molar-refractivity contribution in [3.8, 4) is 0 Å². The zero-order valence-corrected chi connectivity index (χ0v) is 15.8. The van der Waals surface area contributed by atoms with Crippen molar-refractivity contribution in [1.82, 2.24) is 0 Å². The summed E-state index contributed by atoms with van der Waals surface area (Å²) in [6, 6.07) is 17.1. The highest BCUT2D eigenvalue weighted by Crippen LogP contribution is 2.29. The first-order chi connectivity index (χ1) is 13.3. The Morgan fingerprint density at radius 3 is 2.18 bits per heavy atom. The molecule has 0 saturated carbocycles. The van der Waals surface area contributed by atoms with Crippen LogP contribution in [0.15, 0.2) is 71.6 Å². The second-order valence-corrected chi connectivity index (χ2v) is 8.40. The van der Waals surface area contributed by atoms with Gasteiger partial charge in [-0.1, -0.05) is 54.6 Å². The molecule has 0 heterocycles. The van der Waals surface area contributed by atoms with Gasteiger partial charge in [0, 0.05) is 16.5 Å². The van der Waals surface area contributed by atoms with E-state index in [0.29, 0.717) is 16.5 Å². The molecule has 7 nitrogen and oxygen atoms in total. The first-order valence-electron chi connectivity index (χ1n) is 8.55. The van der Waals surface area contributed by atoms with Crippen molar-refractivity contribution in [3.63, 3.8) is 0 Å². The number of hydrogen-bond donors (Lipinski definition) is 3. The molecule has 0 aliphatic heterocycles. The summed E-state index contributed by atoms with van der Waals surface area (Å²) in [6.07, 6.45) is 0. The minimum Gasteiger partial charge on any atom is -0.460 e. The van der Waals surface area contributed by atoms with Gasteiger partial charge in [-0.2, -0.15) is 0 Å². The van der Waals surface area contributed by atoms with Crippen LogP contribution in [0, 0.1) is 0 Å². The number of sulfone groups is 1. The zero-order valence-electron chi connectivity index (χ0n) is 15.0. The van der Waals surface area contributed by atoms with Crippen molar-refractivity contribution >= 4 is 32.3 Å². The van der Waals surface area contributed by atoms with E-state index in [-0.39, 0.29) is 11.5 Å². The molecule has 0 aliphatic carbocycles. The van der Waals surface area contributed by atoms with Gasteiger partial charge in [0.25, 0.3) is 0 Å². The van der Waals surface area contributed by atoms with E-state index >= 15 is 0 Å². The molecule has 28 heavy (non-hydrogen) atoms. The second-order valence-electron chi connectivity index (χ2n) is 6.33. The van der Waals surface area contributed by atoms with Crippen LogP contribution in [0.1, 0.15) is 5.56 Å². The molecular formula is C20H21N3O4S. The van der Waals surface area contributed by atoms with E-state index in [4.69, 9.17) is 21.9 Å². The molecular weight excluding hydrogens is 378 g/mol. The van der Waals surface area contributed by atoms with Crippen LogP contribution < -0.4 is 17.2 Å². The number of nitrogen functional groups attached to an aromatic ring is 1. The fourth-order valence-electron chi connectivity index (χ4n) is 2.84. The Balaban J connectivity index is 1.83. The predicted octanol–water partition coefficient (Wildman–Crippen LogP) is 1.55. The highest BCUT2D eigenvalue weighted by molar-refractivity contribution is 7.92. The molecule has 3 aromatic carbocycles. The monoisotopic (exact) mass is 399 g/mol. The third-order valence-corrected chi connectivity index (χ3v) is 6.41. The number of anilines is 1. The fraction of sp³-hybridized carbons (Fsp3) is 0.150. The van der Waals surface area contributed by atoms with Crippen LogP contribution in [0.4, 0.5) is 5.69 Å². The molecule has 3 rings (SSSR count). The van der Waals surface area contributed by atoms with E-state index in [1.807, 2.05) is 6.07 Å². The van der Waals surface area contributed by atoms with Gasteiger partial charge in [0.2, 0.25) is 0 Å². The topological polar surface area (TPSA) is 138 Å². The van der Waals surface area contributed by atoms with Crippen molar-refractivity contribution in [1.29, 1.82) is 0 Å². The molecule has 0 fully saturated rings. The molecule has 0 radical (unpaired) electrons. The molecule has 8 heteroatoms. The molecule has 0 bridgehead atoms. The van der Waals surface area contributed by atoms with Crippen molar-refractivity contribution in [2.45, 2.75) is 22.9 Å².